The molecule has 1 atom stereocenters. The van der Waals surface area contributed by atoms with Crippen LogP contribution in [-0.4, -0.2) is 40.2 Å². The summed E-state index contributed by atoms with van der Waals surface area (Å²) in [6.07, 6.45) is 2.79. The fourth-order valence-electron chi connectivity index (χ4n) is 2.70. The molecule has 5 nitrogen and oxygen atoms in total. The summed E-state index contributed by atoms with van der Waals surface area (Å²) >= 11 is 0. The first-order chi connectivity index (χ1) is 9.74. The molecule has 2 aromatic rings. The van der Waals surface area contributed by atoms with E-state index in [1.54, 1.807) is 6.20 Å². The molecule has 0 unspecified atom stereocenters. The summed E-state index contributed by atoms with van der Waals surface area (Å²) in [4.78, 5) is 16.9. The zero-order chi connectivity index (χ0) is 13.9. The minimum absolute atomic E-state index is 0.123. The second-order valence-corrected chi connectivity index (χ2v) is 5.09. The van der Waals surface area contributed by atoms with Crippen LogP contribution in [0.2, 0.25) is 0 Å². The van der Waals surface area contributed by atoms with Crippen LogP contribution in [0.1, 0.15) is 12.8 Å². The highest BCUT2D eigenvalue weighted by molar-refractivity contribution is 5.91. The molecule has 2 heterocycles. The molecule has 5 heteroatoms. The van der Waals surface area contributed by atoms with Gasteiger partial charge in [-0.05, 0) is 24.3 Å². The summed E-state index contributed by atoms with van der Waals surface area (Å²) in [7, 11) is 0. The Labute approximate surface area is 117 Å². The van der Waals surface area contributed by atoms with E-state index in [9.17, 15) is 4.79 Å². The van der Waals surface area contributed by atoms with Gasteiger partial charge in [0.2, 0.25) is 0 Å². The minimum Gasteiger partial charge on any atom is -0.465 e. The number of fused-ring (bicyclic) bond motifs is 1. The Morgan fingerprint density at radius 1 is 1.35 bits per heavy atom. The molecule has 1 amide bonds. The molecule has 1 aliphatic rings. The van der Waals surface area contributed by atoms with Crippen molar-refractivity contribution < 1.29 is 9.90 Å². The monoisotopic (exact) mass is 271 g/mol. The third-order valence-electron chi connectivity index (χ3n) is 3.71. The number of hydrogen-bond acceptors (Lipinski definition) is 3. The van der Waals surface area contributed by atoms with E-state index in [0.29, 0.717) is 13.1 Å². The van der Waals surface area contributed by atoms with Gasteiger partial charge in [-0.15, -0.1) is 0 Å². The van der Waals surface area contributed by atoms with Gasteiger partial charge in [-0.2, -0.15) is 0 Å². The van der Waals surface area contributed by atoms with Crippen LogP contribution in [0.4, 0.5) is 10.6 Å². The molecule has 0 aliphatic carbocycles. The van der Waals surface area contributed by atoms with Crippen LogP contribution in [0.5, 0.6) is 0 Å². The lowest BCUT2D eigenvalue weighted by atomic mass is 10.1. The van der Waals surface area contributed by atoms with Gasteiger partial charge >= 0.3 is 6.09 Å². The molecule has 1 aromatic heterocycles. The van der Waals surface area contributed by atoms with Crippen molar-refractivity contribution in [2.75, 3.05) is 18.4 Å². The van der Waals surface area contributed by atoms with Crippen molar-refractivity contribution in [3.05, 3.63) is 36.5 Å². The quantitative estimate of drug-likeness (QED) is 0.881. The van der Waals surface area contributed by atoms with Crippen molar-refractivity contribution in [1.29, 1.82) is 0 Å². The standard InChI is InChI=1S/C15H17N3O2/c19-15(20)18-9-3-5-12(10-18)17-14-13-6-2-1-4-11(13)7-8-16-14/h1-2,4,6-8,12H,3,5,9-10H2,(H,16,17)(H,19,20)/t12-/m1/s1. The zero-order valence-electron chi connectivity index (χ0n) is 11.1. The third kappa shape index (κ3) is 2.52. The van der Waals surface area contributed by atoms with Gasteiger partial charge in [0.1, 0.15) is 5.82 Å². The van der Waals surface area contributed by atoms with Crippen LogP contribution < -0.4 is 5.32 Å². The molecule has 104 valence electrons. The summed E-state index contributed by atoms with van der Waals surface area (Å²) in [6, 6.07) is 10.2. The van der Waals surface area contributed by atoms with E-state index in [1.807, 2.05) is 30.3 Å². The van der Waals surface area contributed by atoms with Crippen LogP contribution in [0.15, 0.2) is 36.5 Å². The number of likely N-dealkylation sites (tertiary alicyclic amines) is 1. The predicted octanol–water partition coefficient (Wildman–Crippen LogP) is 2.79. The highest BCUT2D eigenvalue weighted by atomic mass is 16.4. The van der Waals surface area contributed by atoms with Gasteiger partial charge in [-0.25, -0.2) is 9.78 Å². The number of pyridine rings is 1. The molecule has 0 spiro atoms. The molecule has 20 heavy (non-hydrogen) atoms. The smallest absolute Gasteiger partial charge is 0.407 e. The first-order valence-corrected chi connectivity index (χ1v) is 6.82. The number of nitrogens with zero attached hydrogens (tertiary/aromatic N) is 2. The number of aromatic nitrogens is 1. The lowest BCUT2D eigenvalue weighted by Gasteiger charge is -2.31. The van der Waals surface area contributed by atoms with Crippen molar-refractivity contribution in [2.45, 2.75) is 18.9 Å². The number of benzene rings is 1. The Hall–Kier alpha value is -2.30. The maximum absolute atomic E-state index is 11.0. The Bertz CT molecular complexity index is 624. The third-order valence-corrected chi connectivity index (χ3v) is 3.71. The van der Waals surface area contributed by atoms with Crippen LogP contribution in [0.25, 0.3) is 10.8 Å². The fourth-order valence-corrected chi connectivity index (χ4v) is 2.70. The van der Waals surface area contributed by atoms with Gasteiger partial charge in [-0.3, -0.25) is 0 Å². The normalized spacial score (nSPS) is 19.0. The number of rotatable bonds is 2. The summed E-state index contributed by atoms with van der Waals surface area (Å²) in [6.45, 7) is 1.14. The Morgan fingerprint density at radius 3 is 3.05 bits per heavy atom. The van der Waals surface area contributed by atoms with E-state index in [1.165, 1.54) is 4.90 Å². The Morgan fingerprint density at radius 2 is 2.20 bits per heavy atom. The lowest BCUT2D eigenvalue weighted by Crippen LogP contribution is -2.44. The first kappa shape index (κ1) is 12.7. The van der Waals surface area contributed by atoms with Gasteiger partial charge in [0.25, 0.3) is 0 Å². The number of hydrogen-bond donors (Lipinski definition) is 2. The summed E-state index contributed by atoms with van der Waals surface area (Å²) in [5.41, 5.74) is 0. The first-order valence-electron chi connectivity index (χ1n) is 6.82. The Kier molecular flexibility index (Phi) is 3.41. The largest absolute Gasteiger partial charge is 0.465 e. The van der Waals surface area contributed by atoms with Crippen molar-refractivity contribution >= 4 is 22.7 Å². The SMILES string of the molecule is O=C(O)N1CCC[C@@H](Nc2nccc3ccccc23)C1. The molecule has 0 saturated carbocycles. The molecule has 3 rings (SSSR count). The van der Waals surface area contributed by atoms with Crippen molar-refractivity contribution in [3.63, 3.8) is 0 Å². The molecule has 2 N–H and O–H groups in total. The number of amides is 1. The average Bonchev–Trinajstić information content (AvgIpc) is 2.48. The van der Waals surface area contributed by atoms with Crippen LogP contribution in [-0.2, 0) is 0 Å². The van der Waals surface area contributed by atoms with Gasteiger partial charge in [0, 0.05) is 30.7 Å². The second-order valence-electron chi connectivity index (χ2n) is 5.09. The van der Waals surface area contributed by atoms with Gasteiger partial charge < -0.3 is 15.3 Å². The average molecular weight is 271 g/mol. The van der Waals surface area contributed by atoms with Crippen molar-refractivity contribution in [1.82, 2.24) is 9.88 Å². The number of piperidine rings is 1. The number of carboxylic acid groups (broad SMARTS) is 1. The maximum Gasteiger partial charge on any atom is 0.407 e. The van der Waals surface area contributed by atoms with Crippen LogP contribution in [0.3, 0.4) is 0 Å². The van der Waals surface area contributed by atoms with Crippen molar-refractivity contribution in [2.24, 2.45) is 0 Å². The van der Waals surface area contributed by atoms with E-state index >= 15 is 0 Å². The van der Waals surface area contributed by atoms with Crippen LogP contribution in [0, 0.1) is 0 Å². The van der Waals surface area contributed by atoms with E-state index in [-0.39, 0.29) is 6.04 Å². The van der Waals surface area contributed by atoms with Gasteiger partial charge in [0.15, 0.2) is 0 Å². The lowest BCUT2D eigenvalue weighted by molar-refractivity contribution is 0.133. The minimum atomic E-state index is -0.845. The molecule has 1 saturated heterocycles. The van der Waals surface area contributed by atoms with E-state index in [0.717, 1.165) is 29.4 Å². The highest BCUT2D eigenvalue weighted by Gasteiger charge is 2.23. The summed E-state index contributed by atoms with van der Waals surface area (Å²) in [5, 5.41) is 14.7. The second kappa shape index (κ2) is 5.36. The molecule has 1 aliphatic heterocycles. The van der Waals surface area contributed by atoms with Gasteiger partial charge in [0.05, 0.1) is 0 Å². The van der Waals surface area contributed by atoms with Gasteiger partial charge in [-0.1, -0.05) is 24.3 Å². The van der Waals surface area contributed by atoms with Crippen molar-refractivity contribution in [3.8, 4) is 0 Å². The number of carbonyl (C=O) groups is 1. The highest BCUT2D eigenvalue weighted by Crippen LogP contribution is 2.23. The predicted molar refractivity (Wildman–Crippen MR) is 78.0 cm³/mol. The zero-order valence-corrected chi connectivity index (χ0v) is 11.1. The summed E-state index contributed by atoms with van der Waals surface area (Å²) in [5.74, 6) is 0.834. The van der Waals surface area contributed by atoms with E-state index < -0.39 is 6.09 Å². The topological polar surface area (TPSA) is 65.5 Å². The molecular formula is C15H17N3O2. The summed E-state index contributed by atoms with van der Waals surface area (Å²) < 4.78 is 0. The number of anilines is 1. The molecule has 0 bridgehead atoms. The van der Waals surface area contributed by atoms with E-state index in [2.05, 4.69) is 10.3 Å². The Balaban J connectivity index is 1.81. The maximum atomic E-state index is 11.0. The molecule has 1 fully saturated rings. The fraction of sp³-hybridized carbons (Fsp3) is 0.333. The molecular weight excluding hydrogens is 254 g/mol. The van der Waals surface area contributed by atoms with Crippen LogP contribution >= 0.6 is 0 Å². The molecule has 1 aromatic carbocycles. The van der Waals surface area contributed by atoms with E-state index in [4.69, 9.17) is 5.11 Å². The number of nitrogens with one attached hydrogen (secondary N) is 1. The molecule has 0 radical (unpaired) electrons.